The van der Waals surface area contributed by atoms with Crippen molar-refractivity contribution >= 4 is 24.0 Å². The van der Waals surface area contributed by atoms with E-state index < -0.39 is 11.9 Å². The molecule has 1 saturated heterocycles. The Morgan fingerprint density at radius 2 is 2.20 bits per heavy atom. The number of aliphatic hydroxyl groups is 1. The number of β-amino-alcohol motifs (C(OH)–C–C–N with tert-alkyl or cyclic N) is 1. The number of fused-ring (bicyclic) bond motifs is 1. The quantitative estimate of drug-likeness (QED) is 0.621. The molecular weight excluding hydrogens is 283 g/mol. The third-order valence-corrected chi connectivity index (χ3v) is 3.35. The highest BCUT2D eigenvalue weighted by molar-refractivity contribution is 6.00. The molecule has 0 saturated carbocycles. The maximum atomic E-state index is 13.8. The van der Waals surface area contributed by atoms with Gasteiger partial charge in [-0.1, -0.05) is 11.8 Å². The van der Waals surface area contributed by atoms with E-state index in [0.29, 0.717) is 24.2 Å². The number of aliphatic hydroxyl groups excluding tert-OH is 1. The second kappa shape index (κ2) is 5.80. The van der Waals surface area contributed by atoms with Gasteiger partial charge in [0.05, 0.1) is 24.1 Å². The lowest BCUT2D eigenvalue weighted by Crippen LogP contribution is -2.19. The van der Waals surface area contributed by atoms with E-state index in [2.05, 4.69) is 22.5 Å². The van der Waals surface area contributed by atoms with Crippen LogP contribution in [0.4, 0.5) is 10.1 Å². The van der Waals surface area contributed by atoms with Crippen LogP contribution >= 0.6 is 12.4 Å². The summed E-state index contributed by atoms with van der Waals surface area (Å²) in [6, 6.07) is 2.74. The number of amides is 1. The Balaban J connectivity index is 0.00000147. The van der Waals surface area contributed by atoms with Gasteiger partial charge in [-0.2, -0.15) is 0 Å². The first-order chi connectivity index (χ1) is 9.13. The molecule has 20 heavy (non-hydrogen) atoms. The highest BCUT2D eigenvalue weighted by Crippen LogP contribution is 2.27. The fraction of sp³-hybridized carbons (Fsp3) is 0.357. The van der Waals surface area contributed by atoms with Gasteiger partial charge in [0.1, 0.15) is 5.82 Å². The van der Waals surface area contributed by atoms with Crippen LogP contribution in [0.5, 0.6) is 0 Å². The Morgan fingerprint density at radius 3 is 2.90 bits per heavy atom. The minimum absolute atomic E-state index is 0. The molecule has 2 atom stereocenters. The molecule has 0 spiro atoms. The van der Waals surface area contributed by atoms with Crippen molar-refractivity contribution in [2.75, 3.05) is 11.9 Å². The second-order valence-electron chi connectivity index (χ2n) is 4.79. The van der Waals surface area contributed by atoms with E-state index in [0.717, 1.165) is 0 Å². The lowest BCUT2D eigenvalue weighted by atomic mass is 10.0. The van der Waals surface area contributed by atoms with Crippen LogP contribution in [0.1, 0.15) is 17.5 Å². The predicted octanol–water partition coefficient (Wildman–Crippen LogP) is 0.816. The number of carbonyl (C=O) groups is 1. The molecule has 0 unspecified atom stereocenters. The number of carbonyl (C=O) groups excluding carboxylic acids is 1. The SMILES string of the molecule is Cl.O=C1Cc2c(ccc(F)c2C#C[C@@H]2C[C@@H](O)CN2)N1. The van der Waals surface area contributed by atoms with Gasteiger partial charge in [0.2, 0.25) is 5.91 Å². The Bertz CT molecular complexity index is 609. The number of rotatable bonds is 0. The van der Waals surface area contributed by atoms with Gasteiger partial charge in [0.15, 0.2) is 0 Å². The smallest absolute Gasteiger partial charge is 0.228 e. The summed E-state index contributed by atoms with van der Waals surface area (Å²) in [7, 11) is 0. The van der Waals surface area contributed by atoms with Crippen LogP contribution in [0.2, 0.25) is 0 Å². The molecule has 1 amide bonds. The highest BCUT2D eigenvalue weighted by Gasteiger charge is 2.23. The number of hydrogen-bond donors (Lipinski definition) is 3. The van der Waals surface area contributed by atoms with Gasteiger partial charge in [0, 0.05) is 24.2 Å². The summed E-state index contributed by atoms with van der Waals surface area (Å²) < 4.78 is 13.8. The molecule has 0 aromatic heterocycles. The second-order valence-corrected chi connectivity index (χ2v) is 4.79. The third-order valence-electron chi connectivity index (χ3n) is 3.35. The van der Waals surface area contributed by atoms with Crippen LogP contribution in [-0.2, 0) is 11.2 Å². The molecule has 4 nitrogen and oxygen atoms in total. The van der Waals surface area contributed by atoms with Crippen molar-refractivity contribution in [1.29, 1.82) is 0 Å². The van der Waals surface area contributed by atoms with Gasteiger partial charge in [-0.3, -0.25) is 4.79 Å². The minimum Gasteiger partial charge on any atom is -0.392 e. The van der Waals surface area contributed by atoms with E-state index >= 15 is 0 Å². The van der Waals surface area contributed by atoms with Crippen molar-refractivity contribution in [1.82, 2.24) is 5.32 Å². The minimum atomic E-state index is -0.415. The summed E-state index contributed by atoms with van der Waals surface area (Å²) in [5, 5.41) is 15.1. The summed E-state index contributed by atoms with van der Waals surface area (Å²) in [6.45, 7) is 0.509. The van der Waals surface area contributed by atoms with E-state index in [1.165, 1.54) is 6.07 Å². The van der Waals surface area contributed by atoms with Crippen LogP contribution in [0.15, 0.2) is 12.1 Å². The maximum absolute atomic E-state index is 13.8. The number of hydrogen-bond acceptors (Lipinski definition) is 3. The Labute approximate surface area is 122 Å². The fourth-order valence-corrected chi connectivity index (χ4v) is 2.40. The Hall–Kier alpha value is -1.61. The molecule has 2 heterocycles. The summed E-state index contributed by atoms with van der Waals surface area (Å²) >= 11 is 0. The first kappa shape index (κ1) is 14.8. The molecule has 1 aromatic rings. The third kappa shape index (κ3) is 2.78. The van der Waals surface area contributed by atoms with E-state index in [4.69, 9.17) is 0 Å². The van der Waals surface area contributed by atoms with Crippen molar-refractivity contribution in [3.8, 4) is 11.8 Å². The van der Waals surface area contributed by atoms with Crippen LogP contribution < -0.4 is 10.6 Å². The lowest BCUT2D eigenvalue weighted by molar-refractivity contribution is -0.115. The van der Waals surface area contributed by atoms with Gasteiger partial charge >= 0.3 is 0 Å². The molecule has 3 N–H and O–H groups in total. The van der Waals surface area contributed by atoms with Gasteiger partial charge < -0.3 is 15.7 Å². The number of nitrogens with one attached hydrogen (secondary N) is 2. The van der Waals surface area contributed by atoms with Crippen molar-refractivity contribution in [2.45, 2.75) is 25.0 Å². The van der Waals surface area contributed by atoms with E-state index in [-0.39, 0.29) is 36.3 Å². The molecule has 3 rings (SSSR count). The molecule has 0 radical (unpaired) electrons. The van der Waals surface area contributed by atoms with Crippen molar-refractivity contribution < 1.29 is 14.3 Å². The number of anilines is 1. The zero-order chi connectivity index (χ0) is 13.4. The fourth-order valence-electron chi connectivity index (χ4n) is 2.40. The van der Waals surface area contributed by atoms with Gasteiger partial charge in [-0.05, 0) is 12.1 Å². The molecule has 1 fully saturated rings. The average Bonchev–Trinajstić information content (AvgIpc) is 2.93. The molecule has 1 aromatic carbocycles. The summed E-state index contributed by atoms with van der Waals surface area (Å²) in [6.07, 6.45) is 0.312. The molecule has 106 valence electrons. The number of benzene rings is 1. The first-order valence-corrected chi connectivity index (χ1v) is 6.17. The van der Waals surface area contributed by atoms with Gasteiger partial charge in [-0.25, -0.2) is 4.39 Å². The molecule has 6 heteroatoms. The first-order valence-electron chi connectivity index (χ1n) is 6.17. The van der Waals surface area contributed by atoms with Crippen LogP contribution in [0, 0.1) is 17.7 Å². The van der Waals surface area contributed by atoms with Crippen LogP contribution in [-0.4, -0.2) is 29.7 Å². The van der Waals surface area contributed by atoms with E-state index in [1.807, 2.05) is 0 Å². The summed E-state index contributed by atoms with van der Waals surface area (Å²) in [5.74, 6) is 5.16. The molecular formula is C14H14ClFN2O2. The van der Waals surface area contributed by atoms with Crippen molar-refractivity contribution in [2.24, 2.45) is 0 Å². The summed E-state index contributed by atoms with van der Waals surface area (Å²) in [4.78, 5) is 11.3. The Morgan fingerprint density at radius 1 is 1.40 bits per heavy atom. The predicted molar refractivity (Wildman–Crippen MR) is 75.3 cm³/mol. The zero-order valence-corrected chi connectivity index (χ0v) is 11.4. The normalized spacial score (nSPS) is 23.4. The standard InChI is InChI=1S/C14H13FN2O2.ClH/c15-12-3-4-13-11(6-14(19)17-13)10(12)2-1-8-5-9(18)7-16-8;/h3-4,8-9,16,18H,5-7H2,(H,17,19);1H/t8-,9-;/m1./s1. The van der Waals surface area contributed by atoms with Crippen molar-refractivity contribution in [3.63, 3.8) is 0 Å². The molecule has 0 aliphatic carbocycles. The van der Waals surface area contributed by atoms with Gasteiger partial charge in [0.25, 0.3) is 0 Å². The van der Waals surface area contributed by atoms with E-state index in [9.17, 15) is 14.3 Å². The molecule has 2 aliphatic rings. The Kier molecular flexibility index (Phi) is 4.29. The molecule has 2 aliphatic heterocycles. The number of halogens is 2. The zero-order valence-electron chi connectivity index (χ0n) is 10.6. The molecule has 0 bridgehead atoms. The monoisotopic (exact) mass is 296 g/mol. The van der Waals surface area contributed by atoms with Crippen molar-refractivity contribution in [3.05, 3.63) is 29.1 Å². The van der Waals surface area contributed by atoms with Crippen LogP contribution in [0.3, 0.4) is 0 Å². The summed E-state index contributed by atoms with van der Waals surface area (Å²) in [5.41, 5.74) is 1.53. The highest BCUT2D eigenvalue weighted by atomic mass is 35.5. The van der Waals surface area contributed by atoms with Crippen LogP contribution in [0.25, 0.3) is 0 Å². The topological polar surface area (TPSA) is 61.4 Å². The van der Waals surface area contributed by atoms with E-state index in [1.54, 1.807) is 6.07 Å². The average molecular weight is 297 g/mol. The lowest BCUT2D eigenvalue weighted by Gasteiger charge is -2.03. The largest absolute Gasteiger partial charge is 0.392 e. The van der Waals surface area contributed by atoms with Gasteiger partial charge in [-0.15, -0.1) is 12.4 Å². The maximum Gasteiger partial charge on any atom is 0.228 e.